The molecule has 1 N–H and O–H groups in total. The number of carbonyl (C=O) groups is 1. The van der Waals surface area contributed by atoms with Gasteiger partial charge in [0, 0.05) is 11.6 Å². The number of nitrogens with zero attached hydrogens (tertiary/aromatic N) is 1. The molecule has 2 aromatic carbocycles. The van der Waals surface area contributed by atoms with Gasteiger partial charge in [-0.1, -0.05) is 11.6 Å². The van der Waals surface area contributed by atoms with E-state index in [-0.39, 0.29) is 0 Å². The fourth-order valence-corrected chi connectivity index (χ4v) is 3.40. The van der Waals surface area contributed by atoms with Gasteiger partial charge in [-0.3, -0.25) is 9.78 Å². The highest BCUT2D eigenvalue weighted by atomic mass is 127. The summed E-state index contributed by atoms with van der Waals surface area (Å²) >= 11 is 8.15. The second-order valence-corrected chi connectivity index (χ2v) is 6.70. The molecule has 1 aromatic heterocycles. The van der Waals surface area contributed by atoms with E-state index in [2.05, 4.69) is 10.3 Å². The molecule has 0 aliphatic rings. The first-order valence-electron chi connectivity index (χ1n) is 7.17. The molecular weight excluding hydrogens is 484 g/mol. The van der Waals surface area contributed by atoms with E-state index in [1.54, 1.807) is 24.4 Å². The van der Waals surface area contributed by atoms with Gasteiger partial charge in [0.05, 0.1) is 14.3 Å². The minimum atomic E-state index is -1.66. The molecular formula is C17H9ClF3IN2O2. The van der Waals surface area contributed by atoms with Gasteiger partial charge in [-0.2, -0.15) is 0 Å². The number of hydrogen-bond donors (Lipinski definition) is 1. The van der Waals surface area contributed by atoms with Gasteiger partial charge in [0.15, 0.2) is 29.8 Å². The molecule has 3 aromatic rings. The zero-order chi connectivity index (χ0) is 18.8. The number of ether oxygens (including phenoxy) is 1. The van der Waals surface area contributed by atoms with Crippen LogP contribution in [0.1, 0.15) is 0 Å². The minimum Gasteiger partial charge on any atom is -0.480 e. The first-order chi connectivity index (χ1) is 12.4. The average molecular weight is 493 g/mol. The molecule has 1 heterocycles. The third-order valence-corrected chi connectivity index (χ3v) is 4.52. The van der Waals surface area contributed by atoms with Crippen molar-refractivity contribution in [1.29, 1.82) is 0 Å². The molecule has 0 bridgehead atoms. The van der Waals surface area contributed by atoms with Crippen LogP contribution in [0.3, 0.4) is 0 Å². The first kappa shape index (κ1) is 18.7. The Morgan fingerprint density at radius 1 is 1.23 bits per heavy atom. The van der Waals surface area contributed by atoms with Crippen molar-refractivity contribution in [2.24, 2.45) is 0 Å². The summed E-state index contributed by atoms with van der Waals surface area (Å²) in [6.45, 7) is -0.484. The molecule has 0 saturated heterocycles. The predicted molar refractivity (Wildman–Crippen MR) is 99.9 cm³/mol. The van der Waals surface area contributed by atoms with Crippen LogP contribution < -0.4 is 10.1 Å². The molecule has 0 aliphatic carbocycles. The Bertz CT molecular complexity index is 1020. The molecule has 9 heteroatoms. The fraction of sp³-hybridized carbons (Fsp3) is 0.0588. The van der Waals surface area contributed by atoms with Crippen molar-refractivity contribution in [1.82, 2.24) is 4.98 Å². The van der Waals surface area contributed by atoms with Crippen molar-refractivity contribution in [3.8, 4) is 5.75 Å². The number of hydrogen-bond acceptors (Lipinski definition) is 3. The molecule has 26 heavy (non-hydrogen) atoms. The second-order valence-electron chi connectivity index (χ2n) is 5.13. The van der Waals surface area contributed by atoms with Gasteiger partial charge in [0.1, 0.15) is 5.52 Å². The van der Waals surface area contributed by atoms with Crippen molar-refractivity contribution >= 4 is 56.7 Å². The number of halogens is 5. The third kappa shape index (κ3) is 3.70. The van der Waals surface area contributed by atoms with Crippen LogP contribution in [0.2, 0.25) is 5.02 Å². The van der Waals surface area contributed by atoms with Gasteiger partial charge in [0.2, 0.25) is 0 Å². The summed E-state index contributed by atoms with van der Waals surface area (Å²) in [6, 6.07) is 6.77. The Morgan fingerprint density at radius 2 is 2.00 bits per heavy atom. The molecule has 1 amide bonds. The van der Waals surface area contributed by atoms with Crippen LogP contribution in [-0.2, 0) is 4.79 Å². The Morgan fingerprint density at radius 3 is 2.77 bits per heavy atom. The maximum absolute atomic E-state index is 13.6. The fourth-order valence-electron chi connectivity index (χ4n) is 2.23. The highest BCUT2D eigenvalue weighted by Gasteiger charge is 2.17. The van der Waals surface area contributed by atoms with Gasteiger partial charge < -0.3 is 10.1 Å². The Kier molecular flexibility index (Phi) is 5.52. The van der Waals surface area contributed by atoms with E-state index in [0.29, 0.717) is 31.3 Å². The lowest BCUT2D eigenvalue weighted by molar-refractivity contribution is -0.118. The van der Waals surface area contributed by atoms with E-state index < -0.39 is 35.7 Å². The van der Waals surface area contributed by atoms with Crippen LogP contribution in [-0.4, -0.2) is 17.5 Å². The topological polar surface area (TPSA) is 51.2 Å². The first-order valence-corrected chi connectivity index (χ1v) is 8.63. The van der Waals surface area contributed by atoms with Crippen molar-refractivity contribution in [2.45, 2.75) is 0 Å². The van der Waals surface area contributed by atoms with Crippen LogP contribution in [0, 0.1) is 21.0 Å². The van der Waals surface area contributed by atoms with Gasteiger partial charge in [0.25, 0.3) is 5.91 Å². The van der Waals surface area contributed by atoms with Crippen molar-refractivity contribution < 1.29 is 22.7 Å². The maximum atomic E-state index is 13.6. The van der Waals surface area contributed by atoms with E-state index in [1.807, 2.05) is 22.6 Å². The molecule has 0 unspecified atom stereocenters. The monoisotopic (exact) mass is 492 g/mol. The molecule has 4 nitrogen and oxygen atoms in total. The largest absolute Gasteiger partial charge is 0.480 e. The number of amides is 1. The maximum Gasteiger partial charge on any atom is 0.262 e. The number of pyridine rings is 1. The lowest BCUT2D eigenvalue weighted by Crippen LogP contribution is -2.21. The van der Waals surface area contributed by atoms with E-state index in [4.69, 9.17) is 16.3 Å². The van der Waals surface area contributed by atoms with E-state index in [0.717, 1.165) is 6.07 Å². The van der Waals surface area contributed by atoms with E-state index >= 15 is 0 Å². The zero-order valence-electron chi connectivity index (χ0n) is 12.8. The number of fused-ring (bicyclic) bond motifs is 1. The lowest BCUT2D eigenvalue weighted by atomic mass is 10.2. The van der Waals surface area contributed by atoms with E-state index in [9.17, 15) is 18.0 Å². The molecule has 3 rings (SSSR count). The Balaban J connectivity index is 1.79. The van der Waals surface area contributed by atoms with E-state index in [1.165, 1.54) is 0 Å². The van der Waals surface area contributed by atoms with Crippen LogP contribution in [0.4, 0.5) is 18.9 Å². The summed E-state index contributed by atoms with van der Waals surface area (Å²) in [6.07, 6.45) is 1.55. The zero-order valence-corrected chi connectivity index (χ0v) is 15.7. The Labute approximate surface area is 164 Å². The number of rotatable bonds is 4. The third-order valence-electron chi connectivity index (χ3n) is 3.41. The molecule has 0 spiro atoms. The van der Waals surface area contributed by atoms with Crippen molar-refractivity contribution in [3.05, 3.63) is 62.6 Å². The van der Waals surface area contributed by atoms with Crippen LogP contribution in [0.5, 0.6) is 5.75 Å². The molecule has 0 atom stereocenters. The Hall–Kier alpha value is -2.07. The van der Waals surface area contributed by atoms with Crippen LogP contribution >= 0.6 is 34.2 Å². The summed E-state index contributed by atoms with van der Waals surface area (Å²) < 4.78 is 45.9. The van der Waals surface area contributed by atoms with Gasteiger partial charge in [-0.15, -0.1) is 0 Å². The SMILES string of the molecule is O=C(COc1c(I)cc(Cl)c2cccnc12)Nc1ccc(F)c(F)c1F. The number of aromatic nitrogens is 1. The second kappa shape index (κ2) is 7.67. The van der Waals surface area contributed by atoms with Crippen molar-refractivity contribution in [3.63, 3.8) is 0 Å². The van der Waals surface area contributed by atoms with Crippen molar-refractivity contribution in [2.75, 3.05) is 11.9 Å². The summed E-state index contributed by atoms with van der Waals surface area (Å²) in [5.74, 6) is -4.89. The summed E-state index contributed by atoms with van der Waals surface area (Å²) in [5, 5.41) is 3.27. The average Bonchev–Trinajstić information content (AvgIpc) is 2.62. The highest BCUT2D eigenvalue weighted by Crippen LogP contribution is 2.34. The summed E-state index contributed by atoms with van der Waals surface area (Å²) in [4.78, 5) is 16.2. The number of nitrogens with one attached hydrogen (secondary N) is 1. The van der Waals surface area contributed by atoms with Crippen LogP contribution in [0.15, 0.2) is 36.5 Å². The molecule has 0 saturated carbocycles. The number of benzene rings is 2. The number of carbonyl (C=O) groups excluding carboxylic acids is 1. The van der Waals surface area contributed by atoms with Gasteiger partial charge in [-0.05, 0) is 52.9 Å². The molecule has 0 radical (unpaired) electrons. The smallest absolute Gasteiger partial charge is 0.262 e. The summed E-state index contributed by atoms with van der Waals surface area (Å²) in [5.41, 5.74) is -0.0116. The predicted octanol–water partition coefficient (Wildman–Crippen LogP) is 4.93. The van der Waals surface area contributed by atoms with Gasteiger partial charge in [-0.25, -0.2) is 13.2 Å². The molecule has 0 fully saturated rings. The quantitative estimate of drug-likeness (QED) is 0.415. The molecule has 134 valence electrons. The number of anilines is 1. The summed E-state index contributed by atoms with van der Waals surface area (Å²) in [7, 11) is 0. The van der Waals surface area contributed by atoms with Gasteiger partial charge >= 0.3 is 0 Å². The standard InChI is InChI=1S/C17H9ClF3IN2O2/c18-9-6-11(22)17(16-8(9)2-1-5-23-16)26-7-13(25)24-12-4-3-10(19)14(20)15(12)21/h1-6H,7H2,(H,24,25). The van der Waals surface area contributed by atoms with Crippen LogP contribution in [0.25, 0.3) is 10.9 Å². The minimum absolute atomic E-state index is 0.339. The highest BCUT2D eigenvalue weighted by molar-refractivity contribution is 14.1. The lowest BCUT2D eigenvalue weighted by Gasteiger charge is -2.12. The molecule has 0 aliphatic heterocycles. The normalized spacial score (nSPS) is 10.8.